The molecule has 1 N–H and O–H groups in total. The zero-order valence-corrected chi connectivity index (χ0v) is 10.5. The van der Waals surface area contributed by atoms with Crippen LogP contribution < -0.4 is 5.32 Å². The molecule has 1 saturated heterocycles. The Hall–Kier alpha value is -0.620. The van der Waals surface area contributed by atoms with Crippen LogP contribution in [0.4, 0.5) is 0 Å². The molecule has 0 amide bonds. The van der Waals surface area contributed by atoms with E-state index >= 15 is 0 Å². The van der Waals surface area contributed by atoms with Crippen molar-refractivity contribution in [3.05, 3.63) is 0 Å². The maximum atomic E-state index is 11.5. The predicted molar refractivity (Wildman–Crippen MR) is 60.9 cm³/mol. The molecule has 0 aromatic heterocycles. The molecule has 1 aliphatic heterocycles. The van der Waals surface area contributed by atoms with Gasteiger partial charge in [-0.05, 0) is 26.7 Å². The summed E-state index contributed by atoms with van der Waals surface area (Å²) in [4.78, 5) is 11.3. The van der Waals surface area contributed by atoms with Crippen LogP contribution in [0.2, 0.25) is 0 Å². The van der Waals surface area contributed by atoms with Gasteiger partial charge in [0.25, 0.3) is 0 Å². The van der Waals surface area contributed by atoms with Crippen LogP contribution in [-0.2, 0) is 19.4 Å². The Morgan fingerprint density at radius 2 is 2.25 bits per heavy atom. The van der Waals surface area contributed by atoms with Gasteiger partial charge in [-0.2, -0.15) is 0 Å². The van der Waals surface area contributed by atoms with Gasteiger partial charge in [0.1, 0.15) is 6.04 Å². The minimum atomic E-state index is -2.94. The summed E-state index contributed by atoms with van der Waals surface area (Å²) in [6.07, 6.45) is 1.41. The van der Waals surface area contributed by atoms with Crippen LogP contribution >= 0.6 is 0 Å². The van der Waals surface area contributed by atoms with E-state index in [-0.39, 0.29) is 17.0 Å². The quantitative estimate of drug-likeness (QED) is 0.700. The number of carbonyl (C=O) groups excluding carboxylic acids is 1. The second kappa shape index (κ2) is 5.63. The fourth-order valence-corrected chi connectivity index (χ4v) is 3.52. The molecule has 0 aromatic carbocycles. The van der Waals surface area contributed by atoms with E-state index in [0.717, 1.165) is 6.42 Å². The lowest BCUT2D eigenvalue weighted by molar-refractivity contribution is -0.145. The molecule has 1 fully saturated rings. The number of hydrogen-bond acceptors (Lipinski definition) is 5. The molecule has 2 unspecified atom stereocenters. The third kappa shape index (κ3) is 3.45. The maximum absolute atomic E-state index is 11.5. The van der Waals surface area contributed by atoms with Crippen molar-refractivity contribution in [3.63, 3.8) is 0 Å². The van der Waals surface area contributed by atoms with Crippen LogP contribution in [0.25, 0.3) is 0 Å². The van der Waals surface area contributed by atoms with E-state index in [1.807, 2.05) is 0 Å². The summed E-state index contributed by atoms with van der Waals surface area (Å²) in [7, 11) is -2.94. The van der Waals surface area contributed by atoms with Crippen molar-refractivity contribution >= 4 is 15.8 Å². The molecule has 94 valence electrons. The Bertz CT molecular complexity index is 339. The number of rotatable bonds is 5. The van der Waals surface area contributed by atoms with Gasteiger partial charge in [-0.3, -0.25) is 4.79 Å². The van der Waals surface area contributed by atoms with Gasteiger partial charge in [0.05, 0.1) is 17.6 Å². The van der Waals surface area contributed by atoms with Crippen LogP contribution in [-0.4, -0.2) is 44.6 Å². The van der Waals surface area contributed by atoms with Crippen molar-refractivity contribution in [2.45, 2.75) is 38.0 Å². The summed E-state index contributed by atoms with van der Waals surface area (Å²) in [5.74, 6) is -0.0643. The van der Waals surface area contributed by atoms with Gasteiger partial charge in [-0.15, -0.1) is 0 Å². The van der Waals surface area contributed by atoms with Gasteiger partial charge in [0, 0.05) is 6.54 Å². The Balaban J connectivity index is 2.37. The average Bonchev–Trinajstić information content (AvgIpc) is 2.54. The molecule has 1 aliphatic rings. The molecule has 1 heterocycles. The molecule has 1 rings (SSSR count). The lowest BCUT2D eigenvalue weighted by Gasteiger charge is -2.15. The number of esters is 1. The van der Waals surface area contributed by atoms with Crippen molar-refractivity contribution in [2.24, 2.45) is 0 Å². The molecule has 0 bridgehead atoms. The first-order valence-electron chi connectivity index (χ1n) is 5.59. The van der Waals surface area contributed by atoms with E-state index in [2.05, 4.69) is 5.32 Å². The molecule has 0 saturated carbocycles. The highest BCUT2D eigenvalue weighted by Gasteiger charge is 2.31. The molecule has 16 heavy (non-hydrogen) atoms. The molecular weight excluding hydrogens is 230 g/mol. The van der Waals surface area contributed by atoms with E-state index in [1.165, 1.54) is 0 Å². The summed E-state index contributed by atoms with van der Waals surface area (Å²) in [6, 6.07) is -0.448. The van der Waals surface area contributed by atoms with Crippen LogP contribution in [0.15, 0.2) is 0 Å². The van der Waals surface area contributed by atoms with Crippen molar-refractivity contribution in [2.75, 3.05) is 18.9 Å². The minimum absolute atomic E-state index is 0.271. The molecule has 2 atom stereocenters. The summed E-state index contributed by atoms with van der Waals surface area (Å²) >= 11 is 0. The van der Waals surface area contributed by atoms with Crippen molar-refractivity contribution in [1.29, 1.82) is 0 Å². The molecule has 0 spiro atoms. The van der Waals surface area contributed by atoms with Gasteiger partial charge in [0.15, 0.2) is 9.84 Å². The van der Waals surface area contributed by atoms with Gasteiger partial charge in [-0.1, -0.05) is 0 Å². The topological polar surface area (TPSA) is 72.5 Å². The van der Waals surface area contributed by atoms with Crippen molar-refractivity contribution in [1.82, 2.24) is 5.32 Å². The zero-order chi connectivity index (χ0) is 12.2. The fraction of sp³-hybridized carbons (Fsp3) is 0.900. The smallest absolute Gasteiger partial charge is 0.322 e. The van der Waals surface area contributed by atoms with E-state index in [0.29, 0.717) is 19.6 Å². The normalized spacial score (nSPS) is 25.2. The third-order valence-electron chi connectivity index (χ3n) is 2.75. The number of ether oxygens (including phenoxy) is 1. The minimum Gasteiger partial charge on any atom is -0.465 e. The van der Waals surface area contributed by atoms with E-state index in [1.54, 1.807) is 13.8 Å². The molecular formula is C10H19NO4S. The Morgan fingerprint density at radius 3 is 2.75 bits per heavy atom. The monoisotopic (exact) mass is 249 g/mol. The first-order chi connectivity index (χ1) is 7.47. The van der Waals surface area contributed by atoms with E-state index in [9.17, 15) is 13.2 Å². The SMILES string of the molecule is CCOC(=O)C(C)NCC1CCCS1(=O)=O. The summed E-state index contributed by atoms with van der Waals surface area (Å²) in [5.41, 5.74) is 0. The number of carbonyl (C=O) groups is 1. The van der Waals surface area contributed by atoms with Gasteiger partial charge in [0.2, 0.25) is 0 Å². The molecule has 6 heteroatoms. The van der Waals surface area contributed by atoms with E-state index in [4.69, 9.17) is 4.74 Å². The third-order valence-corrected chi connectivity index (χ3v) is 5.03. The Kier molecular flexibility index (Phi) is 4.73. The largest absolute Gasteiger partial charge is 0.465 e. The van der Waals surface area contributed by atoms with Crippen LogP contribution in [0.3, 0.4) is 0 Å². The number of nitrogens with one attached hydrogen (secondary N) is 1. The molecule has 0 radical (unpaired) electrons. The summed E-state index contributed by atoms with van der Waals surface area (Å²) in [5, 5.41) is 2.57. The molecule has 0 aromatic rings. The van der Waals surface area contributed by atoms with Gasteiger partial charge < -0.3 is 10.1 Å². The van der Waals surface area contributed by atoms with Crippen LogP contribution in [0.5, 0.6) is 0 Å². The fourth-order valence-electron chi connectivity index (χ4n) is 1.75. The Labute approximate surface area is 96.5 Å². The average molecular weight is 249 g/mol. The highest BCUT2D eigenvalue weighted by atomic mass is 32.2. The highest BCUT2D eigenvalue weighted by molar-refractivity contribution is 7.92. The van der Waals surface area contributed by atoms with Crippen molar-refractivity contribution < 1.29 is 17.9 Å². The Morgan fingerprint density at radius 1 is 1.56 bits per heavy atom. The maximum Gasteiger partial charge on any atom is 0.322 e. The van der Waals surface area contributed by atoms with Gasteiger partial charge in [-0.25, -0.2) is 8.42 Å². The van der Waals surface area contributed by atoms with Crippen LogP contribution in [0, 0.1) is 0 Å². The van der Waals surface area contributed by atoms with Crippen molar-refractivity contribution in [3.8, 4) is 0 Å². The first kappa shape index (κ1) is 13.4. The zero-order valence-electron chi connectivity index (χ0n) is 9.73. The predicted octanol–water partition coefficient (Wildman–Crippen LogP) is 0.105. The second-order valence-corrected chi connectivity index (χ2v) is 6.41. The van der Waals surface area contributed by atoms with Crippen LogP contribution in [0.1, 0.15) is 26.7 Å². The number of sulfone groups is 1. The summed E-state index contributed by atoms with van der Waals surface area (Å²) < 4.78 is 27.8. The van der Waals surface area contributed by atoms with E-state index < -0.39 is 15.9 Å². The van der Waals surface area contributed by atoms with Gasteiger partial charge >= 0.3 is 5.97 Å². The lowest BCUT2D eigenvalue weighted by Crippen LogP contribution is -2.41. The summed E-state index contributed by atoms with van der Waals surface area (Å²) in [6.45, 7) is 4.10. The number of hydrogen-bond donors (Lipinski definition) is 1. The highest BCUT2D eigenvalue weighted by Crippen LogP contribution is 2.19. The molecule has 5 nitrogen and oxygen atoms in total. The first-order valence-corrected chi connectivity index (χ1v) is 7.30. The second-order valence-electron chi connectivity index (χ2n) is 4.01. The lowest BCUT2D eigenvalue weighted by atomic mass is 10.2. The standard InChI is InChI=1S/C10H19NO4S/c1-3-15-10(12)8(2)11-7-9-5-4-6-16(9,13)14/h8-9,11H,3-7H2,1-2H3. The molecule has 0 aliphatic carbocycles.